The maximum atomic E-state index is 13.2. The summed E-state index contributed by atoms with van der Waals surface area (Å²) in [6.07, 6.45) is 1.41. The molecule has 1 atom stereocenters. The van der Waals surface area contributed by atoms with Gasteiger partial charge in [0.2, 0.25) is 0 Å². The van der Waals surface area contributed by atoms with Crippen molar-refractivity contribution in [3.05, 3.63) is 89.7 Å². The molecule has 0 fully saturated rings. The van der Waals surface area contributed by atoms with Gasteiger partial charge < -0.3 is 5.32 Å². The Bertz CT molecular complexity index is 892. The summed E-state index contributed by atoms with van der Waals surface area (Å²) in [5, 5.41) is 3.45. The maximum absolute atomic E-state index is 13.2. The van der Waals surface area contributed by atoms with E-state index in [1.807, 2.05) is 73.7 Å². The Labute approximate surface area is 140 Å². The molecule has 0 radical (unpaired) electrons. The summed E-state index contributed by atoms with van der Waals surface area (Å²) < 4.78 is 0. The summed E-state index contributed by atoms with van der Waals surface area (Å²) in [5.74, 6) is -0.0226. The van der Waals surface area contributed by atoms with Crippen molar-refractivity contribution in [1.82, 2.24) is 4.98 Å². The van der Waals surface area contributed by atoms with Crippen molar-refractivity contribution in [3.8, 4) is 0 Å². The van der Waals surface area contributed by atoms with Crippen molar-refractivity contribution < 1.29 is 4.79 Å². The zero-order chi connectivity index (χ0) is 16.5. The molecule has 118 valence electrons. The molecule has 0 aliphatic carbocycles. The summed E-state index contributed by atoms with van der Waals surface area (Å²) in [6.45, 7) is 2.02. The Hall–Kier alpha value is -3.14. The number of amides is 1. The zero-order valence-corrected chi connectivity index (χ0v) is 13.3. The van der Waals surface area contributed by atoms with E-state index < -0.39 is 0 Å². The van der Waals surface area contributed by atoms with Gasteiger partial charge in [0.25, 0.3) is 5.91 Å². The van der Waals surface area contributed by atoms with E-state index in [4.69, 9.17) is 0 Å². The second-order valence-corrected chi connectivity index (χ2v) is 5.86. The number of para-hydroxylation sites is 1. The molecule has 4 nitrogen and oxygen atoms in total. The predicted molar refractivity (Wildman–Crippen MR) is 95.0 cm³/mol. The van der Waals surface area contributed by atoms with Crippen molar-refractivity contribution in [1.29, 1.82) is 0 Å². The highest BCUT2D eigenvalue weighted by atomic mass is 16.2. The van der Waals surface area contributed by atoms with Gasteiger partial charge in [-0.2, -0.15) is 0 Å². The molecule has 1 aromatic heterocycles. The molecule has 4 rings (SSSR count). The summed E-state index contributed by atoms with van der Waals surface area (Å²) >= 11 is 0. The Morgan fingerprint density at radius 1 is 1.00 bits per heavy atom. The number of hydrogen-bond acceptors (Lipinski definition) is 3. The molecule has 1 aliphatic heterocycles. The lowest BCUT2D eigenvalue weighted by Crippen LogP contribution is -2.43. The largest absolute Gasteiger partial charge is 0.359 e. The Kier molecular flexibility index (Phi) is 3.50. The van der Waals surface area contributed by atoms with E-state index >= 15 is 0 Å². The van der Waals surface area contributed by atoms with Gasteiger partial charge in [-0.15, -0.1) is 0 Å². The van der Waals surface area contributed by atoms with Crippen LogP contribution < -0.4 is 10.2 Å². The number of carbonyl (C=O) groups excluding carboxylic acids is 1. The van der Waals surface area contributed by atoms with Gasteiger partial charge in [-0.05, 0) is 48.9 Å². The van der Waals surface area contributed by atoms with E-state index in [1.165, 1.54) is 0 Å². The van der Waals surface area contributed by atoms with E-state index in [-0.39, 0.29) is 12.1 Å². The van der Waals surface area contributed by atoms with Crippen molar-refractivity contribution in [2.45, 2.75) is 13.1 Å². The maximum Gasteiger partial charge on any atom is 0.262 e. The Balaban J connectivity index is 1.88. The topological polar surface area (TPSA) is 45.2 Å². The SMILES string of the molecule is Cc1cccc(N2C(=O)c3ccccc3NC2c2ccccn2)c1. The Morgan fingerprint density at radius 3 is 2.62 bits per heavy atom. The molecule has 0 bridgehead atoms. The number of carbonyl (C=O) groups is 1. The first kappa shape index (κ1) is 14.5. The van der Waals surface area contributed by atoms with Crippen LogP contribution in [0.1, 0.15) is 27.8 Å². The molecule has 0 spiro atoms. The number of pyridine rings is 1. The van der Waals surface area contributed by atoms with E-state index in [2.05, 4.69) is 10.3 Å². The lowest BCUT2D eigenvalue weighted by atomic mass is 10.0. The molecular formula is C20H17N3O. The van der Waals surface area contributed by atoms with Gasteiger partial charge in [-0.25, -0.2) is 0 Å². The van der Waals surface area contributed by atoms with Crippen molar-refractivity contribution in [2.75, 3.05) is 10.2 Å². The number of nitrogens with zero attached hydrogens (tertiary/aromatic N) is 2. The number of aromatic nitrogens is 1. The number of fused-ring (bicyclic) bond motifs is 1. The number of benzene rings is 2. The van der Waals surface area contributed by atoms with Crippen LogP contribution in [-0.4, -0.2) is 10.9 Å². The molecule has 3 aromatic rings. The van der Waals surface area contributed by atoms with Gasteiger partial charge in [0.15, 0.2) is 6.17 Å². The molecule has 24 heavy (non-hydrogen) atoms. The van der Waals surface area contributed by atoms with Crippen LogP contribution in [0.15, 0.2) is 72.9 Å². The average molecular weight is 315 g/mol. The van der Waals surface area contributed by atoms with Gasteiger partial charge in [0, 0.05) is 17.6 Å². The third-order valence-corrected chi connectivity index (χ3v) is 4.17. The van der Waals surface area contributed by atoms with Crippen LogP contribution in [-0.2, 0) is 0 Å². The van der Waals surface area contributed by atoms with Gasteiger partial charge in [-0.1, -0.05) is 30.3 Å². The lowest BCUT2D eigenvalue weighted by molar-refractivity contribution is 0.0974. The minimum Gasteiger partial charge on any atom is -0.359 e. The minimum atomic E-state index is -0.338. The summed E-state index contributed by atoms with van der Waals surface area (Å²) in [7, 11) is 0. The zero-order valence-electron chi connectivity index (χ0n) is 13.3. The first-order valence-corrected chi connectivity index (χ1v) is 7.91. The third kappa shape index (κ3) is 2.42. The molecule has 1 N–H and O–H groups in total. The van der Waals surface area contributed by atoms with Crippen LogP contribution in [0.5, 0.6) is 0 Å². The fourth-order valence-corrected chi connectivity index (χ4v) is 3.04. The fraction of sp³-hybridized carbons (Fsp3) is 0.100. The van der Waals surface area contributed by atoms with E-state index in [1.54, 1.807) is 11.1 Å². The number of anilines is 2. The number of nitrogens with one attached hydrogen (secondary N) is 1. The summed E-state index contributed by atoms with van der Waals surface area (Å²) in [4.78, 5) is 19.4. The predicted octanol–water partition coefficient (Wildman–Crippen LogP) is 4.16. The van der Waals surface area contributed by atoms with Crippen molar-refractivity contribution in [3.63, 3.8) is 0 Å². The monoisotopic (exact) mass is 315 g/mol. The molecule has 2 aromatic carbocycles. The molecule has 4 heteroatoms. The summed E-state index contributed by atoms with van der Waals surface area (Å²) in [5.41, 5.74) is 4.28. The average Bonchev–Trinajstić information content (AvgIpc) is 2.62. The van der Waals surface area contributed by atoms with E-state index in [9.17, 15) is 4.79 Å². The van der Waals surface area contributed by atoms with Crippen LogP contribution in [0.25, 0.3) is 0 Å². The lowest BCUT2D eigenvalue weighted by Gasteiger charge is -2.37. The van der Waals surface area contributed by atoms with Crippen LogP contribution in [0, 0.1) is 6.92 Å². The molecular weight excluding hydrogens is 298 g/mol. The van der Waals surface area contributed by atoms with Crippen LogP contribution >= 0.6 is 0 Å². The Morgan fingerprint density at radius 2 is 1.83 bits per heavy atom. The molecule has 0 saturated heterocycles. The first-order chi connectivity index (χ1) is 11.7. The van der Waals surface area contributed by atoms with Crippen LogP contribution in [0.4, 0.5) is 11.4 Å². The van der Waals surface area contributed by atoms with Crippen LogP contribution in [0.3, 0.4) is 0 Å². The van der Waals surface area contributed by atoms with E-state index in [0.29, 0.717) is 5.56 Å². The van der Waals surface area contributed by atoms with Gasteiger partial charge in [-0.3, -0.25) is 14.7 Å². The molecule has 1 unspecified atom stereocenters. The van der Waals surface area contributed by atoms with Crippen LogP contribution in [0.2, 0.25) is 0 Å². The molecule has 1 amide bonds. The third-order valence-electron chi connectivity index (χ3n) is 4.17. The fourth-order valence-electron chi connectivity index (χ4n) is 3.04. The standard InChI is InChI=1S/C20H17N3O/c1-14-7-6-8-15(13-14)23-19(18-11-4-5-12-21-18)22-17-10-3-2-9-16(17)20(23)24/h2-13,19,22H,1H3. The van der Waals surface area contributed by atoms with Gasteiger partial charge in [0.1, 0.15) is 0 Å². The number of rotatable bonds is 2. The van der Waals surface area contributed by atoms with Crippen molar-refractivity contribution in [2.24, 2.45) is 0 Å². The van der Waals surface area contributed by atoms with Crippen molar-refractivity contribution >= 4 is 17.3 Å². The summed E-state index contributed by atoms with van der Waals surface area (Å²) in [6, 6.07) is 21.3. The molecule has 2 heterocycles. The highest BCUT2D eigenvalue weighted by Gasteiger charge is 2.34. The second kappa shape index (κ2) is 5.81. The normalized spacial score (nSPS) is 16.5. The van der Waals surface area contributed by atoms with E-state index in [0.717, 1.165) is 22.6 Å². The number of hydrogen-bond donors (Lipinski definition) is 1. The van der Waals surface area contributed by atoms with Gasteiger partial charge >= 0.3 is 0 Å². The second-order valence-electron chi connectivity index (χ2n) is 5.86. The highest BCUT2D eigenvalue weighted by molar-refractivity contribution is 6.12. The highest BCUT2D eigenvalue weighted by Crippen LogP contribution is 2.36. The number of aryl methyl sites for hydroxylation is 1. The van der Waals surface area contributed by atoms with Gasteiger partial charge in [0.05, 0.1) is 11.3 Å². The minimum absolute atomic E-state index is 0.0226. The molecule has 0 saturated carbocycles. The quantitative estimate of drug-likeness (QED) is 0.772. The smallest absolute Gasteiger partial charge is 0.262 e. The first-order valence-electron chi connectivity index (χ1n) is 7.91. The molecule has 1 aliphatic rings.